The van der Waals surface area contributed by atoms with E-state index in [0.29, 0.717) is 0 Å². The lowest BCUT2D eigenvalue weighted by Crippen LogP contribution is -2.70. The summed E-state index contributed by atoms with van der Waals surface area (Å²) in [6.07, 6.45) is -42.3. The molecular weight excluding hydrogens is 852 g/mol. The summed E-state index contributed by atoms with van der Waals surface area (Å²) < 4.78 is 50.8. The number of ether oxygens (including phenoxy) is 9. The zero-order chi connectivity index (χ0) is 45.9. The monoisotopic (exact) mass is 910 g/mol. The first-order chi connectivity index (χ1) is 29.3. The van der Waals surface area contributed by atoms with Crippen LogP contribution >= 0.6 is 0 Å². The molecule has 17 N–H and O–H groups in total. The molecule has 0 spiro atoms. The van der Waals surface area contributed by atoms with Crippen molar-refractivity contribution in [2.24, 2.45) is 0 Å². The van der Waals surface area contributed by atoms with Crippen molar-refractivity contribution in [3.8, 4) is 0 Å². The minimum Gasteiger partial charge on any atom is -0.394 e. The first-order valence-electron chi connectivity index (χ1n) is 19.6. The van der Waals surface area contributed by atoms with E-state index in [4.69, 9.17) is 42.6 Å². The van der Waals surface area contributed by atoms with Crippen LogP contribution in [0.15, 0.2) is 0 Å². The third-order valence-corrected chi connectivity index (χ3v) is 11.1. The fourth-order valence-corrected chi connectivity index (χ4v) is 7.73. The number of carbonyl (C=O) groups excluding carboxylic acids is 2. The molecule has 5 aliphatic heterocycles. The quantitative estimate of drug-likeness (QED) is 0.0725. The largest absolute Gasteiger partial charge is 0.394 e. The zero-order valence-electron chi connectivity index (χ0n) is 33.2. The summed E-state index contributed by atoms with van der Waals surface area (Å²) in [5.41, 5.74) is 0. The van der Waals surface area contributed by atoms with Gasteiger partial charge in [0, 0.05) is 13.8 Å². The molecule has 5 fully saturated rings. The molecule has 0 radical (unpaired) electrons. The summed E-state index contributed by atoms with van der Waals surface area (Å²) in [6, 6.07) is -3.19. The number of nitrogens with one attached hydrogen (secondary N) is 2. The Morgan fingerprint density at radius 3 is 1.35 bits per heavy atom. The van der Waals surface area contributed by atoms with Crippen molar-refractivity contribution in [2.45, 2.75) is 167 Å². The van der Waals surface area contributed by atoms with E-state index in [9.17, 15) is 86.2 Å². The van der Waals surface area contributed by atoms with Crippen molar-refractivity contribution < 1.29 is 129 Å². The second kappa shape index (κ2) is 22.0. The number of hydrogen-bond donors (Lipinski definition) is 17. The highest BCUT2D eigenvalue weighted by Crippen LogP contribution is 2.35. The van der Waals surface area contributed by atoms with Crippen molar-refractivity contribution in [1.82, 2.24) is 10.6 Å². The van der Waals surface area contributed by atoms with Gasteiger partial charge >= 0.3 is 0 Å². The Hall–Kier alpha value is -2.02. The first-order valence-corrected chi connectivity index (χ1v) is 19.6. The van der Waals surface area contributed by atoms with Crippen LogP contribution in [-0.4, -0.2) is 275 Å². The lowest BCUT2D eigenvalue weighted by Gasteiger charge is -2.50. The molecule has 0 aromatic rings. The molecule has 28 heteroatoms. The van der Waals surface area contributed by atoms with Crippen LogP contribution in [0.25, 0.3) is 0 Å². The average molecular weight is 911 g/mol. The summed E-state index contributed by atoms with van der Waals surface area (Å²) in [7, 11) is 0. The van der Waals surface area contributed by atoms with Crippen LogP contribution in [0.4, 0.5) is 0 Å². The maximum atomic E-state index is 12.4. The summed E-state index contributed by atoms with van der Waals surface area (Å²) in [5, 5.41) is 163. The molecule has 0 aromatic carbocycles. The molecule has 0 aromatic heterocycles. The van der Waals surface area contributed by atoms with Gasteiger partial charge in [0.05, 0.1) is 33.0 Å². The van der Waals surface area contributed by atoms with E-state index in [2.05, 4.69) is 10.6 Å². The van der Waals surface area contributed by atoms with Crippen molar-refractivity contribution in [3.63, 3.8) is 0 Å². The van der Waals surface area contributed by atoms with E-state index in [-0.39, 0.29) is 0 Å². The first kappa shape index (κ1) is 51.0. The molecule has 360 valence electrons. The molecule has 5 saturated heterocycles. The van der Waals surface area contributed by atoms with E-state index in [1.165, 1.54) is 0 Å². The SMILES string of the molecule is CC(=O)N[C@H]1C(O)O[C@H](CO)[C@@H](OC2O[C@H](CO)[C@@H](OC3O[C@H](COC4O[C@H](CO)[C@@H](O)[C@H](O)[C@@H]4O)[C@@H](O)[C@H](OC4O[C@H](CO)[C@@H](O)[C@H](O)[C@@H]4O)[C@@H]3O)[C@H](O)[C@H]2NC(C)=O)[C@@H]1O. The Kier molecular flexibility index (Phi) is 18.1. The molecule has 25 atom stereocenters. The van der Waals surface area contributed by atoms with Gasteiger partial charge in [-0.1, -0.05) is 0 Å². The van der Waals surface area contributed by atoms with E-state index < -0.39 is 198 Å². The highest BCUT2D eigenvalue weighted by Gasteiger charge is 2.56. The molecule has 62 heavy (non-hydrogen) atoms. The van der Waals surface area contributed by atoms with Crippen molar-refractivity contribution in [2.75, 3.05) is 33.0 Å². The Bertz CT molecular complexity index is 1440. The topological polar surface area (TPSA) is 445 Å². The average Bonchev–Trinajstić information content (AvgIpc) is 3.23. The Morgan fingerprint density at radius 2 is 0.823 bits per heavy atom. The molecule has 0 bridgehead atoms. The molecule has 5 rings (SSSR count). The van der Waals surface area contributed by atoms with Crippen molar-refractivity contribution in [1.29, 1.82) is 0 Å². The maximum absolute atomic E-state index is 12.4. The number of aliphatic hydroxyl groups is 15. The highest BCUT2D eigenvalue weighted by molar-refractivity contribution is 5.73. The molecule has 28 nitrogen and oxygen atoms in total. The van der Waals surface area contributed by atoms with Crippen LogP contribution < -0.4 is 10.6 Å². The number of amides is 2. The van der Waals surface area contributed by atoms with Crippen LogP contribution in [0.3, 0.4) is 0 Å². The van der Waals surface area contributed by atoms with Gasteiger partial charge < -0.3 is 130 Å². The third-order valence-electron chi connectivity index (χ3n) is 11.1. The Morgan fingerprint density at radius 1 is 0.419 bits per heavy atom. The molecule has 2 amide bonds. The van der Waals surface area contributed by atoms with Crippen LogP contribution in [0.5, 0.6) is 0 Å². The highest BCUT2D eigenvalue weighted by atomic mass is 16.8. The second-order valence-corrected chi connectivity index (χ2v) is 15.5. The van der Waals surface area contributed by atoms with Gasteiger partial charge in [-0.2, -0.15) is 0 Å². The van der Waals surface area contributed by atoms with Crippen molar-refractivity contribution in [3.05, 3.63) is 0 Å². The molecule has 5 heterocycles. The van der Waals surface area contributed by atoms with Gasteiger partial charge in [-0.15, -0.1) is 0 Å². The predicted octanol–water partition coefficient (Wildman–Crippen LogP) is -11.6. The molecule has 5 unspecified atom stereocenters. The van der Waals surface area contributed by atoms with Gasteiger partial charge in [0.25, 0.3) is 0 Å². The van der Waals surface area contributed by atoms with Gasteiger partial charge in [0.1, 0.15) is 122 Å². The van der Waals surface area contributed by atoms with E-state index >= 15 is 0 Å². The fraction of sp³-hybridized carbons (Fsp3) is 0.941. The van der Waals surface area contributed by atoms with Gasteiger partial charge in [-0.25, -0.2) is 0 Å². The van der Waals surface area contributed by atoms with Gasteiger partial charge in [0.15, 0.2) is 31.5 Å². The van der Waals surface area contributed by atoms with Crippen molar-refractivity contribution >= 4 is 11.8 Å². The van der Waals surface area contributed by atoms with Crippen LogP contribution in [-0.2, 0) is 52.2 Å². The lowest BCUT2D eigenvalue weighted by atomic mass is 9.94. The van der Waals surface area contributed by atoms with Gasteiger partial charge in [0.2, 0.25) is 11.8 Å². The Labute approximate surface area is 351 Å². The zero-order valence-corrected chi connectivity index (χ0v) is 33.2. The fourth-order valence-electron chi connectivity index (χ4n) is 7.73. The Balaban J connectivity index is 1.41. The summed E-state index contributed by atoms with van der Waals surface area (Å²) in [6.45, 7) is -2.31. The molecule has 0 aliphatic carbocycles. The van der Waals surface area contributed by atoms with E-state index in [0.717, 1.165) is 13.8 Å². The van der Waals surface area contributed by atoms with Crippen LogP contribution in [0, 0.1) is 0 Å². The van der Waals surface area contributed by atoms with Gasteiger partial charge in [-0.3, -0.25) is 9.59 Å². The molecular formula is C34H58N2O26. The van der Waals surface area contributed by atoms with Gasteiger partial charge in [-0.05, 0) is 0 Å². The molecule has 5 aliphatic rings. The molecule has 0 saturated carbocycles. The summed E-state index contributed by atoms with van der Waals surface area (Å²) in [4.78, 5) is 24.2. The predicted molar refractivity (Wildman–Crippen MR) is 190 cm³/mol. The van der Waals surface area contributed by atoms with E-state index in [1.807, 2.05) is 0 Å². The number of hydrogen-bond acceptors (Lipinski definition) is 26. The summed E-state index contributed by atoms with van der Waals surface area (Å²) >= 11 is 0. The normalized spacial score (nSPS) is 49.0. The minimum atomic E-state index is -2.18. The maximum Gasteiger partial charge on any atom is 0.217 e. The van der Waals surface area contributed by atoms with E-state index in [1.54, 1.807) is 0 Å². The lowest BCUT2D eigenvalue weighted by molar-refractivity contribution is -0.384. The third kappa shape index (κ3) is 11.0. The summed E-state index contributed by atoms with van der Waals surface area (Å²) in [5.74, 6) is -1.49. The number of rotatable bonds is 15. The number of aliphatic hydroxyl groups excluding tert-OH is 15. The minimum absolute atomic E-state index is 0.693. The number of carbonyl (C=O) groups is 2. The van der Waals surface area contributed by atoms with Crippen LogP contribution in [0.1, 0.15) is 13.8 Å². The standard InChI is InChI=1S/C34H58N2O26/c1-8(41)35-15-20(46)27(12(5-39)55-30(15)53)60-31-16(36-9(2)42)21(47)28(13(6-40)58-31)61-34-26(52)29(62-33-25(51)23(49)18(44)11(4-38)57-33)19(45)14(59-34)7-54-32-24(50)22(48)17(43)10(3-37)56-32/h10-34,37-40,43-53H,3-7H2,1-2H3,(H,35,41)(H,36,42)/t10-,11-,12-,13-,14-,15-,16-,17-,18-,19-,20-,21-,22+,23+,24+,25+,26+,27-,28-,29+,30?,31?,32?,33?,34?/m1/s1. The van der Waals surface area contributed by atoms with Crippen LogP contribution in [0.2, 0.25) is 0 Å². The second-order valence-electron chi connectivity index (χ2n) is 15.5. The smallest absolute Gasteiger partial charge is 0.217 e.